The normalized spacial score (nSPS) is 14.5. The van der Waals surface area contributed by atoms with Crippen LogP contribution in [0.1, 0.15) is 30.0 Å². The van der Waals surface area contributed by atoms with E-state index in [1.54, 1.807) is 14.2 Å². The number of nitrogens with one attached hydrogen (secondary N) is 2. The molecule has 2 aromatic carbocycles. The van der Waals surface area contributed by atoms with E-state index in [1.807, 2.05) is 48.5 Å². The maximum absolute atomic E-state index is 12.4. The van der Waals surface area contributed by atoms with Crippen LogP contribution in [0.5, 0.6) is 11.5 Å². The Balaban J connectivity index is 1.61. The molecule has 0 spiro atoms. The zero-order valence-electron chi connectivity index (χ0n) is 14.6. The lowest BCUT2D eigenvalue weighted by atomic mass is 10.0. The summed E-state index contributed by atoms with van der Waals surface area (Å²) in [6.07, 6.45) is 2.28. The summed E-state index contributed by atoms with van der Waals surface area (Å²) in [7, 11) is 3.28. The Kier molecular flexibility index (Phi) is 5.43. The number of rotatable bonds is 7. The molecule has 5 nitrogen and oxygen atoms in total. The number of carbonyl (C=O) groups excluding carboxylic acids is 1. The van der Waals surface area contributed by atoms with Crippen LogP contribution in [-0.2, 0) is 6.54 Å². The lowest BCUT2D eigenvalue weighted by Gasteiger charge is -2.20. The van der Waals surface area contributed by atoms with Gasteiger partial charge in [0.2, 0.25) is 0 Å². The summed E-state index contributed by atoms with van der Waals surface area (Å²) in [5, 5.41) is 6.03. The number of methoxy groups -OCH3 is 2. The van der Waals surface area contributed by atoms with Gasteiger partial charge in [-0.15, -0.1) is 0 Å². The molecule has 1 aliphatic rings. The van der Waals surface area contributed by atoms with Gasteiger partial charge in [0.1, 0.15) is 11.5 Å². The minimum absolute atomic E-state index is 0.0311. The molecule has 3 rings (SSSR count). The van der Waals surface area contributed by atoms with Crippen LogP contribution < -0.4 is 20.1 Å². The molecule has 2 aromatic rings. The zero-order chi connectivity index (χ0) is 17.6. The van der Waals surface area contributed by atoms with Gasteiger partial charge in [0, 0.05) is 12.1 Å². The second kappa shape index (κ2) is 7.92. The summed E-state index contributed by atoms with van der Waals surface area (Å²) in [5.41, 5.74) is 2.06. The molecule has 0 bridgehead atoms. The molecule has 25 heavy (non-hydrogen) atoms. The summed E-state index contributed by atoms with van der Waals surface area (Å²) >= 11 is 0. The zero-order valence-corrected chi connectivity index (χ0v) is 14.6. The second-order valence-corrected chi connectivity index (χ2v) is 6.23. The first-order valence-electron chi connectivity index (χ1n) is 8.51. The van der Waals surface area contributed by atoms with Crippen molar-refractivity contribution in [2.45, 2.75) is 25.4 Å². The van der Waals surface area contributed by atoms with Crippen LogP contribution in [0.25, 0.3) is 0 Å². The Labute approximate surface area is 148 Å². The minimum atomic E-state index is -0.168. The first-order valence-corrected chi connectivity index (χ1v) is 8.51. The van der Waals surface area contributed by atoms with Gasteiger partial charge in [0.15, 0.2) is 0 Å². The number of para-hydroxylation sites is 1. The Hall–Kier alpha value is -2.69. The minimum Gasteiger partial charge on any atom is -0.497 e. The molecule has 0 aliphatic heterocycles. The third kappa shape index (κ3) is 4.44. The van der Waals surface area contributed by atoms with Crippen molar-refractivity contribution < 1.29 is 14.3 Å². The standard InChI is InChI=1S/C20H24N2O3/c1-24-17-11-9-15(10-12-17)19(14-7-8-14)22-20(23)21-13-16-5-3-4-6-18(16)25-2/h3-6,9-12,14,19H,7-8,13H2,1-2H3,(H2,21,22,23). The van der Waals surface area contributed by atoms with Gasteiger partial charge in [-0.25, -0.2) is 4.79 Å². The predicted molar refractivity (Wildman–Crippen MR) is 96.8 cm³/mol. The average Bonchev–Trinajstić information content (AvgIpc) is 3.50. The van der Waals surface area contributed by atoms with Gasteiger partial charge < -0.3 is 20.1 Å². The molecule has 0 aromatic heterocycles. The Morgan fingerprint density at radius 1 is 1.08 bits per heavy atom. The van der Waals surface area contributed by atoms with E-state index in [2.05, 4.69) is 10.6 Å². The third-order valence-corrected chi connectivity index (χ3v) is 4.49. The summed E-state index contributed by atoms with van der Waals surface area (Å²) in [6, 6.07) is 15.4. The van der Waals surface area contributed by atoms with Gasteiger partial charge in [-0.1, -0.05) is 30.3 Å². The van der Waals surface area contributed by atoms with E-state index in [0.29, 0.717) is 12.5 Å². The van der Waals surface area contributed by atoms with Crippen molar-refractivity contribution in [1.82, 2.24) is 10.6 Å². The van der Waals surface area contributed by atoms with Crippen LogP contribution >= 0.6 is 0 Å². The van der Waals surface area contributed by atoms with Crippen molar-refractivity contribution in [2.75, 3.05) is 14.2 Å². The molecule has 1 atom stereocenters. The fraction of sp³-hybridized carbons (Fsp3) is 0.350. The molecule has 132 valence electrons. The molecule has 0 heterocycles. The molecule has 0 radical (unpaired) electrons. The summed E-state index contributed by atoms with van der Waals surface area (Å²) in [6.45, 7) is 0.426. The second-order valence-electron chi connectivity index (χ2n) is 6.23. The van der Waals surface area contributed by atoms with Crippen LogP contribution in [0.3, 0.4) is 0 Å². The highest BCUT2D eigenvalue weighted by atomic mass is 16.5. The fourth-order valence-electron chi connectivity index (χ4n) is 2.93. The Morgan fingerprint density at radius 2 is 1.80 bits per heavy atom. The first kappa shape index (κ1) is 17.1. The highest BCUT2D eigenvalue weighted by Gasteiger charge is 2.33. The average molecular weight is 340 g/mol. The van der Waals surface area contributed by atoms with Crippen molar-refractivity contribution in [3.8, 4) is 11.5 Å². The first-order chi connectivity index (χ1) is 12.2. The van der Waals surface area contributed by atoms with Crippen LogP contribution in [0, 0.1) is 5.92 Å². The molecule has 1 fully saturated rings. The number of amides is 2. The van der Waals surface area contributed by atoms with Crippen molar-refractivity contribution in [3.05, 3.63) is 59.7 Å². The number of carbonyl (C=O) groups is 1. The van der Waals surface area contributed by atoms with Crippen LogP contribution in [-0.4, -0.2) is 20.3 Å². The number of hydrogen-bond acceptors (Lipinski definition) is 3. The van der Waals surface area contributed by atoms with Gasteiger partial charge in [-0.3, -0.25) is 0 Å². The molecule has 1 aliphatic carbocycles. The molecule has 1 saturated carbocycles. The van der Waals surface area contributed by atoms with Crippen molar-refractivity contribution >= 4 is 6.03 Å². The molecule has 2 N–H and O–H groups in total. The summed E-state index contributed by atoms with van der Waals surface area (Å²) < 4.78 is 10.5. The van der Waals surface area contributed by atoms with E-state index in [9.17, 15) is 4.79 Å². The van der Waals surface area contributed by atoms with E-state index in [0.717, 1.165) is 35.5 Å². The Morgan fingerprint density at radius 3 is 2.44 bits per heavy atom. The number of hydrogen-bond donors (Lipinski definition) is 2. The summed E-state index contributed by atoms with van der Waals surface area (Å²) in [5.74, 6) is 2.10. The van der Waals surface area contributed by atoms with Crippen molar-refractivity contribution in [2.24, 2.45) is 5.92 Å². The van der Waals surface area contributed by atoms with E-state index in [4.69, 9.17) is 9.47 Å². The predicted octanol–water partition coefficient (Wildman–Crippen LogP) is 3.65. The van der Waals surface area contributed by atoms with Gasteiger partial charge in [-0.2, -0.15) is 0 Å². The lowest BCUT2D eigenvalue weighted by molar-refractivity contribution is 0.235. The molecular formula is C20H24N2O3. The highest BCUT2D eigenvalue weighted by Crippen LogP contribution is 2.41. The van der Waals surface area contributed by atoms with E-state index in [1.165, 1.54) is 0 Å². The van der Waals surface area contributed by atoms with Gasteiger partial charge in [0.25, 0.3) is 0 Å². The smallest absolute Gasteiger partial charge is 0.315 e. The van der Waals surface area contributed by atoms with E-state index < -0.39 is 0 Å². The monoisotopic (exact) mass is 340 g/mol. The van der Waals surface area contributed by atoms with Crippen LogP contribution in [0.4, 0.5) is 4.79 Å². The number of ether oxygens (including phenoxy) is 2. The molecular weight excluding hydrogens is 316 g/mol. The van der Waals surface area contributed by atoms with E-state index in [-0.39, 0.29) is 12.1 Å². The third-order valence-electron chi connectivity index (χ3n) is 4.49. The topological polar surface area (TPSA) is 59.6 Å². The van der Waals surface area contributed by atoms with Crippen molar-refractivity contribution in [1.29, 1.82) is 0 Å². The quantitative estimate of drug-likeness (QED) is 0.809. The van der Waals surface area contributed by atoms with E-state index >= 15 is 0 Å². The SMILES string of the molecule is COc1ccc(C(NC(=O)NCc2ccccc2OC)C2CC2)cc1. The maximum Gasteiger partial charge on any atom is 0.315 e. The van der Waals surface area contributed by atoms with Crippen molar-refractivity contribution in [3.63, 3.8) is 0 Å². The molecule has 5 heteroatoms. The largest absolute Gasteiger partial charge is 0.497 e. The fourth-order valence-corrected chi connectivity index (χ4v) is 2.93. The lowest BCUT2D eigenvalue weighted by Crippen LogP contribution is -2.38. The summed E-state index contributed by atoms with van der Waals surface area (Å²) in [4.78, 5) is 12.4. The van der Waals surface area contributed by atoms with Gasteiger partial charge >= 0.3 is 6.03 Å². The van der Waals surface area contributed by atoms with Crippen LogP contribution in [0.2, 0.25) is 0 Å². The molecule has 0 saturated heterocycles. The number of urea groups is 1. The van der Waals surface area contributed by atoms with Crippen LogP contribution in [0.15, 0.2) is 48.5 Å². The molecule has 1 unspecified atom stereocenters. The van der Waals surface area contributed by atoms with Gasteiger partial charge in [0.05, 0.1) is 20.3 Å². The van der Waals surface area contributed by atoms with Gasteiger partial charge in [-0.05, 0) is 42.5 Å². The maximum atomic E-state index is 12.4. The highest BCUT2D eigenvalue weighted by molar-refractivity contribution is 5.74. The Bertz CT molecular complexity index is 711. The molecule has 2 amide bonds. The number of benzene rings is 2.